The van der Waals surface area contributed by atoms with Gasteiger partial charge < -0.3 is 25.0 Å². The van der Waals surface area contributed by atoms with Crippen molar-refractivity contribution >= 4 is 5.96 Å². The molecule has 0 radical (unpaired) electrons. The van der Waals surface area contributed by atoms with Gasteiger partial charge in [-0.2, -0.15) is 0 Å². The number of nitrogens with one attached hydrogen (secondary N) is 2. The molecule has 28 heavy (non-hydrogen) atoms. The molecule has 0 amide bonds. The smallest absolute Gasteiger partial charge is 0.191 e. The third kappa shape index (κ3) is 7.66. The highest BCUT2D eigenvalue weighted by molar-refractivity contribution is 5.79. The third-order valence-corrected chi connectivity index (χ3v) is 4.94. The van der Waals surface area contributed by atoms with Crippen LogP contribution in [0.2, 0.25) is 0 Å². The van der Waals surface area contributed by atoms with E-state index in [1.807, 2.05) is 26.2 Å². The van der Waals surface area contributed by atoms with Gasteiger partial charge in [-0.05, 0) is 45.6 Å². The van der Waals surface area contributed by atoms with Crippen LogP contribution in [0, 0.1) is 0 Å². The molecule has 1 aliphatic rings. The highest BCUT2D eigenvalue weighted by atomic mass is 16.5. The van der Waals surface area contributed by atoms with Crippen molar-refractivity contribution in [1.29, 1.82) is 0 Å². The summed E-state index contributed by atoms with van der Waals surface area (Å²) >= 11 is 0. The number of hydrogen-bond donors (Lipinski definition) is 2. The number of benzene rings is 1. The summed E-state index contributed by atoms with van der Waals surface area (Å²) in [5.74, 6) is 1.71. The van der Waals surface area contributed by atoms with Gasteiger partial charge in [0.25, 0.3) is 0 Å². The van der Waals surface area contributed by atoms with Crippen molar-refractivity contribution in [2.45, 2.75) is 25.9 Å². The fraction of sp³-hybridized carbons (Fsp3) is 0.667. The van der Waals surface area contributed by atoms with Crippen molar-refractivity contribution in [3.8, 4) is 5.75 Å². The zero-order valence-electron chi connectivity index (χ0n) is 18.1. The number of nitrogens with zero attached hydrogens (tertiary/aromatic N) is 3. The minimum Gasteiger partial charge on any atom is -0.492 e. The molecule has 0 spiro atoms. The van der Waals surface area contributed by atoms with Crippen molar-refractivity contribution in [3.05, 3.63) is 29.8 Å². The summed E-state index contributed by atoms with van der Waals surface area (Å²) in [4.78, 5) is 8.93. The molecule has 1 saturated heterocycles. The number of aliphatic imine (C=N–C) groups is 1. The Morgan fingerprint density at radius 2 is 2.00 bits per heavy atom. The Morgan fingerprint density at radius 3 is 2.68 bits per heavy atom. The lowest BCUT2D eigenvalue weighted by Gasteiger charge is -2.41. The fourth-order valence-corrected chi connectivity index (χ4v) is 3.08. The zero-order chi connectivity index (χ0) is 20.4. The predicted molar refractivity (Wildman–Crippen MR) is 115 cm³/mol. The topological polar surface area (TPSA) is 61.4 Å². The van der Waals surface area contributed by atoms with Crippen molar-refractivity contribution in [3.63, 3.8) is 0 Å². The average Bonchev–Trinajstić information content (AvgIpc) is 2.69. The summed E-state index contributed by atoms with van der Waals surface area (Å²) in [7, 11) is 5.89. The second-order valence-corrected chi connectivity index (χ2v) is 7.99. The first-order chi connectivity index (χ1) is 13.4. The number of likely N-dealkylation sites (N-methyl/N-ethyl adjacent to an activating group) is 1. The van der Waals surface area contributed by atoms with Crippen molar-refractivity contribution in [2.75, 3.05) is 67.1 Å². The molecule has 0 aromatic heterocycles. The Bertz CT molecular complexity index is 613. The molecule has 7 nitrogen and oxygen atoms in total. The summed E-state index contributed by atoms with van der Waals surface area (Å²) in [6.45, 7) is 11.2. The Labute approximate surface area is 170 Å². The molecule has 0 atom stereocenters. The first kappa shape index (κ1) is 22.5. The molecular weight excluding hydrogens is 354 g/mol. The molecular formula is C21H37N5O2. The van der Waals surface area contributed by atoms with Crippen LogP contribution in [-0.2, 0) is 11.3 Å². The van der Waals surface area contributed by atoms with Gasteiger partial charge in [-0.3, -0.25) is 9.89 Å². The normalized spacial score (nSPS) is 16.3. The molecule has 1 aromatic rings. The Morgan fingerprint density at radius 1 is 1.25 bits per heavy atom. The molecule has 7 heteroatoms. The number of hydrogen-bond acceptors (Lipinski definition) is 5. The van der Waals surface area contributed by atoms with Crippen LogP contribution < -0.4 is 15.4 Å². The van der Waals surface area contributed by atoms with E-state index in [0.717, 1.165) is 56.7 Å². The lowest BCUT2D eigenvalue weighted by molar-refractivity contribution is -0.00834. The van der Waals surface area contributed by atoms with Crippen LogP contribution in [0.15, 0.2) is 29.3 Å². The number of morpholine rings is 1. The van der Waals surface area contributed by atoms with Crippen LogP contribution in [0.1, 0.15) is 19.4 Å². The van der Waals surface area contributed by atoms with Crippen LogP contribution in [0.25, 0.3) is 0 Å². The number of guanidine groups is 1. The van der Waals surface area contributed by atoms with E-state index in [-0.39, 0.29) is 5.54 Å². The minimum atomic E-state index is 0.0432. The second kappa shape index (κ2) is 11.2. The van der Waals surface area contributed by atoms with E-state index < -0.39 is 0 Å². The van der Waals surface area contributed by atoms with E-state index in [1.54, 1.807) is 7.05 Å². The number of ether oxygens (including phenoxy) is 2. The van der Waals surface area contributed by atoms with E-state index in [9.17, 15) is 0 Å². The van der Waals surface area contributed by atoms with Gasteiger partial charge in [0.05, 0.1) is 13.2 Å². The molecule has 1 aromatic carbocycles. The van der Waals surface area contributed by atoms with E-state index in [2.05, 4.69) is 51.4 Å². The standard InChI is InChI=1S/C21H37N5O2/c1-21(2,26-10-12-27-13-11-26)17-24-20(22-3)23-16-18-7-6-8-19(15-18)28-14-9-25(4)5/h6-8,15H,9-14,16-17H2,1-5H3,(H2,22,23,24). The Hall–Kier alpha value is -1.83. The van der Waals surface area contributed by atoms with Crippen LogP contribution >= 0.6 is 0 Å². The Kier molecular flexibility index (Phi) is 9.02. The molecule has 0 bridgehead atoms. The SMILES string of the molecule is CN=C(NCc1cccc(OCCN(C)C)c1)NCC(C)(C)N1CCOCC1. The third-order valence-electron chi connectivity index (χ3n) is 4.94. The lowest BCUT2D eigenvalue weighted by atomic mass is 10.0. The van der Waals surface area contributed by atoms with Crippen LogP contribution in [-0.4, -0.2) is 88.4 Å². The molecule has 2 N–H and O–H groups in total. The van der Waals surface area contributed by atoms with Gasteiger partial charge in [-0.25, -0.2) is 0 Å². The highest BCUT2D eigenvalue weighted by Gasteiger charge is 2.28. The van der Waals surface area contributed by atoms with Gasteiger partial charge in [0.1, 0.15) is 12.4 Å². The maximum atomic E-state index is 5.82. The van der Waals surface area contributed by atoms with Gasteiger partial charge in [-0.1, -0.05) is 12.1 Å². The molecule has 1 heterocycles. The highest BCUT2D eigenvalue weighted by Crippen LogP contribution is 2.15. The summed E-state index contributed by atoms with van der Waals surface area (Å²) in [5, 5.41) is 6.85. The summed E-state index contributed by atoms with van der Waals surface area (Å²) in [6.07, 6.45) is 0. The average molecular weight is 392 g/mol. The van der Waals surface area contributed by atoms with Crippen molar-refractivity contribution < 1.29 is 9.47 Å². The minimum absolute atomic E-state index is 0.0432. The first-order valence-corrected chi connectivity index (χ1v) is 10.0. The molecule has 0 saturated carbocycles. The van der Waals surface area contributed by atoms with Gasteiger partial charge >= 0.3 is 0 Å². The molecule has 1 fully saturated rings. The van der Waals surface area contributed by atoms with Gasteiger partial charge in [0.15, 0.2) is 5.96 Å². The Balaban J connectivity index is 1.80. The van der Waals surface area contributed by atoms with Crippen LogP contribution in [0.4, 0.5) is 0 Å². The molecule has 158 valence electrons. The molecule has 1 aliphatic heterocycles. The number of rotatable bonds is 9. The predicted octanol–water partition coefficient (Wildman–Crippen LogP) is 1.40. The van der Waals surface area contributed by atoms with E-state index >= 15 is 0 Å². The monoisotopic (exact) mass is 391 g/mol. The maximum absolute atomic E-state index is 5.82. The largest absolute Gasteiger partial charge is 0.492 e. The maximum Gasteiger partial charge on any atom is 0.191 e. The van der Waals surface area contributed by atoms with Gasteiger partial charge in [0, 0.05) is 45.3 Å². The molecule has 2 rings (SSSR count). The van der Waals surface area contributed by atoms with E-state index in [0.29, 0.717) is 13.2 Å². The van der Waals surface area contributed by atoms with E-state index in [1.165, 1.54) is 0 Å². The van der Waals surface area contributed by atoms with Gasteiger partial charge in [-0.15, -0.1) is 0 Å². The summed E-state index contributed by atoms with van der Waals surface area (Å²) in [5.41, 5.74) is 1.21. The van der Waals surface area contributed by atoms with Crippen LogP contribution in [0.5, 0.6) is 5.75 Å². The molecule has 0 unspecified atom stereocenters. The van der Waals surface area contributed by atoms with Crippen molar-refractivity contribution in [2.24, 2.45) is 4.99 Å². The summed E-state index contributed by atoms with van der Waals surface area (Å²) < 4.78 is 11.3. The first-order valence-electron chi connectivity index (χ1n) is 10.0. The quantitative estimate of drug-likeness (QED) is 0.490. The summed E-state index contributed by atoms with van der Waals surface area (Å²) in [6, 6.07) is 8.20. The fourth-order valence-electron chi connectivity index (χ4n) is 3.08. The van der Waals surface area contributed by atoms with Gasteiger partial charge in [0.2, 0.25) is 0 Å². The molecule has 0 aliphatic carbocycles. The second-order valence-electron chi connectivity index (χ2n) is 7.99. The van der Waals surface area contributed by atoms with Crippen LogP contribution in [0.3, 0.4) is 0 Å². The zero-order valence-corrected chi connectivity index (χ0v) is 18.1. The van der Waals surface area contributed by atoms with E-state index in [4.69, 9.17) is 9.47 Å². The van der Waals surface area contributed by atoms with Crippen molar-refractivity contribution in [1.82, 2.24) is 20.4 Å². The lowest BCUT2D eigenvalue weighted by Crippen LogP contribution is -2.56.